The molecule has 0 saturated heterocycles. The smallest absolute Gasteiger partial charge is 0.174 e. The van der Waals surface area contributed by atoms with E-state index in [1.807, 2.05) is 6.92 Å². The van der Waals surface area contributed by atoms with E-state index in [1.54, 1.807) is 12.1 Å². The van der Waals surface area contributed by atoms with Crippen molar-refractivity contribution >= 4 is 15.9 Å². The summed E-state index contributed by atoms with van der Waals surface area (Å²) in [6.45, 7) is 2.05. The highest BCUT2D eigenvalue weighted by Gasteiger charge is 2.05. The molecule has 0 amide bonds. The molecule has 0 aliphatic carbocycles. The van der Waals surface area contributed by atoms with E-state index < -0.39 is 0 Å². The van der Waals surface area contributed by atoms with Gasteiger partial charge in [0.1, 0.15) is 18.2 Å². The Hall–Kier alpha value is -1.36. The standard InChI is InChI=1S/C11H9BrFNO2/c1-7-4-9(16-14-7)6-15-11-5-8(13)2-3-10(11)12/h2-5H,6H2,1H3. The summed E-state index contributed by atoms with van der Waals surface area (Å²) in [5.74, 6) is 0.703. The van der Waals surface area contributed by atoms with E-state index in [9.17, 15) is 4.39 Å². The lowest BCUT2D eigenvalue weighted by Gasteiger charge is -2.05. The van der Waals surface area contributed by atoms with Crippen molar-refractivity contribution in [3.63, 3.8) is 0 Å². The van der Waals surface area contributed by atoms with E-state index in [1.165, 1.54) is 12.1 Å². The van der Waals surface area contributed by atoms with Crippen molar-refractivity contribution in [3.8, 4) is 5.75 Å². The van der Waals surface area contributed by atoms with Crippen LogP contribution in [0.3, 0.4) is 0 Å². The Bertz CT molecular complexity index is 498. The Morgan fingerprint density at radius 3 is 2.94 bits per heavy atom. The number of ether oxygens (including phenoxy) is 1. The van der Waals surface area contributed by atoms with Gasteiger partial charge >= 0.3 is 0 Å². The van der Waals surface area contributed by atoms with Crippen LogP contribution in [0, 0.1) is 12.7 Å². The molecule has 1 aromatic carbocycles. The van der Waals surface area contributed by atoms with Crippen LogP contribution in [0.4, 0.5) is 4.39 Å². The number of rotatable bonds is 3. The third kappa shape index (κ3) is 2.61. The molecular weight excluding hydrogens is 277 g/mol. The third-order valence-electron chi connectivity index (χ3n) is 1.94. The second-order valence-corrected chi connectivity index (χ2v) is 4.15. The number of aryl methyl sites for hydroxylation is 1. The van der Waals surface area contributed by atoms with Crippen molar-refractivity contribution in [3.05, 3.63) is 46.0 Å². The van der Waals surface area contributed by atoms with Gasteiger partial charge in [0.05, 0.1) is 10.2 Å². The molecule has 16 heavy (non-hydrogen) atoms. The average Bonchev–Trinajstić information content (AvgIpc) is 2.66. The normalized spacial score (nSPS) is 10.4. The van der Waals surface area contributed by atoms with Crippen LogP contribution in [-0.2, 0) is 6.61 Å². The molecule has 0 aliphatic heterocycles. The van der Waals surface area contributed by atoms with Crippen LogP contribution in [0.2, 0.25) is 0 Å². The van der Waals surface area contributed by atoms with E-state index in [-0.39, 0.29) is 12.4 Å². The molecule has 3 nitrogen and oxygen atoms in total. The second kappa shape index (κ2) is 4.65. The molecule has 0 bridgehead atoms. The van der Waals surface area contributed by atoms with Gasteiger partial charge in [0.25, 0.3) is 0 Å². The lowest BCUT2D eigenvalue weighted by molar-refractivity contribution is 0.246. The predicted molar refractivity (Wildman–Crippen MR) is 59.7 cm³/mol. The summed E-state index contributed by atoms with van der Waals surface area (Å²) in [7, 11) is 0. The highest BCUT2D eigenvalue weighted by Crippen LogP contribution is 2.26. The SMILES string of the molecule is Cc1cc(COc2cc(F)ccc2Br)on1. The first kappa shape index (κ1) is 11.1. The maximum Gasteiger partial charge on any atom is 0.174 e. The molecule has 0 spiro atoms. The van der Waals surface area contributed by atoms with Crippen molar-refractivity contribution in [1.82, 2.24) is 5.16 Å². The van der Waals surface area contributed by atoms with Crippen molar-refractivity contribution in [2.75, 3.05) is 0 Å². The summed E-state index contributed by atoms with van der Waals surface area (Å²) in [5, 5.41) is 3.73. The maximum atomic E-state index is 12.9. The first-order valence-corrected chi connectivity index (χ1v) is 5.44. The van der Waals surface area contributed by atoms with Crippen molar-refractivity contribution in [1.29, 1.82) is 0 Å². The van der Waals surface area contributed by atoms with E-state index in [4.69, 9.17) is 9.26 Å². The van der Waals surface area contributed by atoms with Gasteiger partial charge in [-0.3, -0.25) is 0 Å². The summed E-state index contributed by atoms with van der Waals surface area (Å²) >= 11 is 3.27. The number of halogens is 2. The monoisotopic (exact) mass is 285 g/mol. The molecule has 1 heterocycles. The Labute approximate surface area is 100 Å². The van der Waals surface area contributed by atoms with Crippen molar-refractivity contribution in [2.45, 2.75) is 13.5 Å². The van der Waals surface area contributed by atoms with Crippen LogP contribution >= 0.6 is 15.9 Å². The molecule has 0 atom stereocenters. The molecule has 0 fully saturated rings. The van der Waals surface area contributed by atoms with Crippen molar-refractivity contribution in [2.24, 2.45) is 0 Å². The summed E-state index contributed by atoms with van der Waals surface area (Å²) in [6.07, 6.45) is 0. The molecule has 0 unspecified atom stereocenters. The zero-order valence-electron chi connectivity index (χ0n) is 8.54. The Kier molecular flexibility index (Phi) is 3.24. The largest absolute Gasteiger partial charge is 0.484 e. The molecule has 0 saturated carbocycles. The summed E-state index contributed by atoms with van der Waals surface area (Å²) in [4.78, 5) is 0. The number of aromatic nitrogens is 1. The fourth-order valence-electron chi connectivity index (χ4n) is 1.22. The van der Waals surface area contributed by atoms with Gasteiger partial charge in [-0.25, -0.2) is 4.39 Å². The van der Waals surface area contributed by atoms with E-state index in [0.29, 0.717) is 16.0 Å². The third-order valence-corrected chi connectivity index (χ3v) is 2.60. The maximum absolute atomic E-state index is 12.9. The van der Waals surface area contributed by atoms with E-state index >= 15 is 0 Å². The Balaban J connectivity index is 2.07. The van der Waals surface area contributed by atoms with E-state index in [0.717, 1.165) is 5.69 Å². The summed E-state index contributed by atoms with van der Waals surface area (Å²) < 4.78 is 24.0. The molecule has 2 rings (SSSR count). The highest BCUT2D eigenvalue weighted by molar-refractivity contribution is 9.10. The Morgan fingerprint density at radius 1 is 1.44 bits per heavy atom. The molecule has 2 aromatic rings. The number of benzene rings is 1. The van der Waals surface area contributed by atoms with Gasteiger partial charge < -0.3 is 9.26 Å². The Morgan fingerprint density at radius 2 is 2.25 bits per heavy atom. The zero-order chi connectivity index (χ0) is 11.5. The average molecular weight is 286 g/mol. The zero-order valence-corrected chi connectivity index (χ0v) is 10.1. The highest BCUT2D eigenvalue weighted by atomic mass is 79.9. The second-order valence-electron chi connectivity index (χ2n) is 3.30. The molecule has 0 N–H and O–H groups in total. The first-order chi connectivity index (χ1) is 7.65. The van der Waals surface area contributed by atoms with Gasteiger partial charge in [0.15, 0.2) is 5.76 Å². The minimum absolute atomic E-state index is 0.225. The van der Waals surface area contributed by atoms with Crippen LogP contribution in [0.5, 0.6) is 5.75 Å². The van der Waals surface area contributed by atoms with Crippen LogP contribution in [0.25, 0.3) is 0 Å². The summed E-state index contributed by atoms with van der Waals surface area (Å²) in [6, 6.07) is 6.03. The molecule has 0 radical (unpaired) electrons. The fourth-order valence-corrected chi connectivity index (χ4v) is 1.58. The lowest BCUT2D eigenvalue weighted by atomic mass is 10.3. The van der Waals surface area contributed by atoms with Crippen LogP contribution in [0.1, 0.15) is 11.5 Å². The molecule has 1 aromatic heterocycles. The molecule has 5 heteroatoms. The van der Waals surface area contributed by atoms with Gasteiger partial charge in [-0.2, -0.15) is 0 Å². The number of hydrogen-bond acceptors (Lipinski definition) is 3. The van der Waals surface area contributed by atoms with Crippen molar-refractivity contribution < 1.29 is 13.7 Å². The first-order valence-electron chi connectivity index (χ1n) is 4.65. The van der Waals surface area contributed by atoms with Crippen LogP contribution in [0.15, 0.2) is 33.3 Å². The molecule has 0 aliphatic rings. The predicted octanol–water partition coefficient (Wildman–Crippen LogP) is 3.46. The van der Waals surface area contributed by atoms with E-state index in [2.05, 4.69) is 21.1 Å². The molecular formula is C11H9BrFNO2. The topological polar surface area (TPSA) is 35.3 Å². The molecule has 84 valence electrons. The van der Waals surface area contributed by atoms with Gasteiger partial charge in [0, 0.05) is 12.1 Å². The van der Waals surface area contributed by atoms with Crippen LogP contribution in [-0.4, -0.2) is 5.16 Å². The van der Waals surface area contributed by atoms with Gasteiger partial charge in [-0.1, -0.05) is 5.16 Å². The minimum atomic E-state index is -0.341. The minimum Gasteiger partial charge on any atom is -0.484 e. The quantitative estimate of drug-likeness (QED) is 0.866. The fraction of sp³-hybridized carbons (Fsp3) is 0.182. The number of hydrogen-bond donors (Lipinski definition) is 0. The number of nitrogens with zero attached hydrogens (tertiary/aromatic N) is 1. The van der Waals surface area contributed by atoms with Gasteiger partial charge in [-0.15, -0.1) is 0 Å². The summed E-state index contributed by atoms with van der Waals surface area (Å²) in [5.41, 5.74) is 0.789. The van der Waals surface area contributed by atoms with Gasteiger partial charge in [0.2, 0.25) is 0 Å². The van der Waals surface area contributed by atoms with Gasteiger partial charge in [-0.05, 0) is 35.0 Å². The lowest BCUT2D eigenvalue weighted by Crippen LogP contribution is -1.95. The van der Waals surface area contributed by atoms with Crippen LogP contribution < -0.4 is 4.74 Å².